The van der Waals surface area contributed by atoms with Crippen LogP contribution >= 0.6 is 0 Å². The number of rotatable bonds is 1. The van der Waals surface area contributed by atoms with Crippen LogP contribution in [0.5, 0.6) is 0 Å². The topological polar surface area (TPSA) is 48.1 Å². The summed E-state index contributed by atoms with van der Waals surface area (Å²) < 4.78 is 0. The maximum atomic E-state index is 11.1. The van der Waals surface area contributed by atoms with Gasteiger partial charge in [-0.05, 0) is 13.0 Å². The summed E-state index contributed by atoms with van der Waals surface area (Å²) in [4.78, 5) is 16.0. The Balaban J connectivity index is 2.18. The van der Waals surface area contributed by atoms with E-state index in [1.165, 1.54) is 0 Å². The van der Waals surface area contributed by atoms with Gasteiger partial charge in [0, 0.05) is 43.6 Å². The van der Waals surface area contributed by atoms with Crippen LogP contribution < -0.4 is 15.8 Å². The highest BCUT2D eigenvalue weighted by Gasteiger charge is 2.15. The predicted molar refractivity (Wildman–Crippen MR) is 56.7 cm³/mol. The van der Waals surface area contributed by atoms with E-state index in [0.717, 1.165) is 25.3 Å². The molecule has 1 aromatic heterocycles. The van der Waals surface area contributed by atoms with Gasteiger partial charge in [0.2, 0.25) is 5.56 Å². The molecule has 0 radical (unpaired) electrons. The molecule has 1 saturated heterocycles. The quantitative estimate of drug-likeness (QED) is 0.668. The van der Waals surface area contributed by atoms with Crippen molar-refractivity contribution in [1.82, 2.24) is 10.3 Å². The molecule has 0 amide bonds. The lowest BCUT2D eigenvalue weighted by Gasteiger charge is -2.33. The highest BCUT2D eigenvalue weighted by molar-refractivity contribution is 5.45. The lowest BCUT2D eigenvalue weighted by atomic mass is 10.2. The van der Waals surface area contributed by atoms with E-state index >= 15 is 0 Å². The second-order valence-electron chi connectivity index (χ2n) is 3.71. The fraction of sp³-hybridized carbons (Fsp3) is 0.500. The van der Waals surface area contributed by atoms with E-state index in [4.69, 9.17) is 0 Å². The summed E-state index contributed by atoms with van der Waals surface area (Å²) in [7, 11) is 0. The molecule has 4 heteroatoms. The average Bonchev–Trinajstić information content (AvgIpc) is 2.18. The van der Waals surface area contributed by atoms with Crippen LogP contribution in [-0.4, -0.2) is 30.7 Å². The molecule has 2 N–H and O–H groups in total. The Bertz CT molecular complexity index is 360. The molecule has 1 unspecified atom stereocenters. The number of pyridine rings is 1. The molecule has 0 bridgehead atoms. The lowest BCUT2D eigenvalue weighted by Crippen LogP contribution is -2.49. The molecule has 0 aromatic carbocycles. The summed E-state index contributed by atoms with van der Waals surface area (Å²) in [5.74, 6) is 0. The number of anilines is 1. The standard InChI is InChI=1S/C10H15N3O/c1-8-7-13(5-4-11-8)9-2-3-12-10(14)6-9/h2-3,6,8,11H,4-5,7H2,1H3,(H,12,14). The maximum Gasteiger partial charge on any atom is 0.249 e. The molecule has 1 fully saturated rings. The molecule has 14 heavy (non-hydrogen) atoms. The molecule has 2 rings (SSSR count). The van der Waals surface area contributed by atoms with E-state index in [1.807, 2.05) is 6.07 Å². The molecular weight excluding hydrogens is 178 g/mol. The van der Waals surface area contributed by atoms with Crippen LogP contribution in [0.25, 0.3) is 0 Å². The zero-order valence-corrected chi connectivity index (χ0v) is 8.29. The number of aromatic nitrogens is 1. The van der Waals surface area contributed by atoms with E-state index in [9.17, 15) is 4.79 Å². The van der Waals surface area contributed by atoms with Gasteiger partial charge < -0.3 is 15.2 Å². The smallest absolute Gasteiger partial charge is 0.249 e. The van der Waals surface area contributed by atoms with Crippen LogP contribution in [0.4, 0.5) is 5.69 Å². The average molecular weight is 193 g/mol. The van der Waals surface area contributed by atoms with Crippen molar-refractivity contribution in [3.05, 3.63) is 28.7 Å². The molecular formula is C10H15N3O. The molecule has 1 aliphatic rings. The monoisotopic (exact) mass is 193 g/mol. The number of aromatic amines is 1. The minimum Gasteiger partial charge on any atom is -0.369 e. The number of nitrogens with zero attached hydrogens (tertiary/aromatic N) is 1. The fourth-order valence-electron chi connectivity index (χ4n) is 1.80. The normalized spacial score (nSPS) is 22.4. The minimum atomic E-state index is -0.0336. The Morgan fingerprint density at radius 3 is 3.14 bits per heavy atom. The zero-order valence-electron chi connectivity index (χ0n) is 8.29. The van der Waals surface area contributed by atoms with Gasteiger partial charge in [-0.15, -0.1) is 0 Å². The van der Waals surface area contributed by atoms with Crippen molar-refractivity contribution < 1.29 is 0 Å². The van der Waals surface area contributed by atoms with Crippen molar-refractivity contribution in [3.8, 4) is 0 Å². The van der Waals surface area contributed by atoms with E-state index < -0.39 is 0 Å². The number of hydrogen-bond donors (Lipinski definition) is 2. The maximum absolute atomic E-state index is 11.1. The number of H-pyrrole nitrogens is 1. The van der Waals surface area contributed by atoms with Gasteiger partial charge in [-0.2, -0.15) is 0 Å². The van der Waals surface area contributed by atoms with Gasteiger partial charge in [-0.3, -0.25) is 4.79 Å². The SMILES string of the molecule is CC1CN(c2cc[nH]c(=O)c2)CCN1. The molecule has 0 aliphatic carbocycles. The van der Waals surface area contributed by atoms with Crippen LogP contribution in [0, 0.1) is 0 Å². The third-order valence-corrected chi connectivity index (χ3v) is 2.49. The van der Waals surface area contributed by atoms with Crippen LogP contribution in [0.15, 0.2) is 23.1 Å². The van der Waals surface area contributed by atoms with Gasteiger partial charge in [0.05, 0.1) is 0 Å². The third kappa shape index (κ3) is 1.96. The van der Waals surface area contributed by atoms with Crippen molar-refractivity contribution >= 4 is 5.69 Å². The van der Waals surface area contributed by atoms with Crippen LogP contribution in [-0.2, 0) is 0 Å². The number of piperazine rings is 1. The minimum absolute atomic E-state index is 0.0336. The Morgan fingerprint density at radius 2 is 2.43 bits per heavy atom. The van der Waals surface area contributed by atoms with Crippen molar-refractivity contribution in [3.63, 3.8) is 0 Å². The Hall–Kier alpha value is -1.29. The number of nitrogens with one attached hydrogen (secondary N) is 2. The Kier molecular flexibility index (Phi) is 2.54. The van der Waals surface area contributed by atoms with E-state index in [-0.39, 0.29) is 5.56 Å². The predicted octanol–water partition coefficient (Wildman–Crippen LogP) is 0.173. The highest BCUT2D eigenvalue weighted by atomic mass is 16.1. The molecule has 0 saturated carbocycles. The largest absolute Gasteiger partial charge is 0.369 e. The van der Waals surface area contributed by atoms with Gasteiger partial charge in [-0.1, -0.05) is 0 Å². The molecule has 76 valence electrons. The first kappa shape index (κ1) is 9.27. The van der Waals surface area contributed by atoms with Gasteiger partial charge in [0.1, 0.15) is 0 Å². The first-order chi connectivity index (χ1) is 6.75. The van der Waals surface area contributed by atoms with Crippen molar-refractivity contribution in [2.24, 2.45) is 0 Å². The molecule has 1 atom stereocenters. The lowest BCUT2D eigenvalue weighted by molar-refractivity contribution is 0.484. The van der Waals surface area contributed by atoms with Crippen LogP contribution in [0.1, 0.15) is 6.92 Å². The second-order valence-corrected chi connectivity index (χ2v) is 3.71. The van der Waals surface area contributed by atoms with Crippen LogP contribution in [0.3, 0.4) is 0 Å². The molecule has 2 heterocycles. The Morgan fingerprint density at radius 1 is 1.57 bits per heavy atom. The zero-order chi connectivity index (χ0) is 9.97. The Labute approximate surface area is 82.9 Å². The summed E-state index contributed by atoms with van der Waals surface area (Å²) in [6.45, 7) is 5.06. The van der Waals surface area contributed by atoms with Crippen molar-refractivity contribution in [2.75, 3.05) is 24.5 Å². The van der Waals surface area contributed by atoms with Gasteiger partial charge in [0.25, 0.3) is 0 Å². The highest BCUT2D eigenvalue weighted by Crippen LogP contribution is 2.12. The third-order valence-electron chi connectivity index (χ3n) is 2.49. The van der Waals surface area contributed by atoms with Gasteiger partial charge in [0.15, 0.2) is 0 Å². The van der Waals surface area contributed by atoms with Crippen molar-refractivity contribution in [2.45, 2.75) is 13.0 Å². The summed E-state index contributed by atoms with van der Waals surface area (Å²) in [6.07, 6.45) is 1.70. The van der Waals surface area contributed by atoms with Gasteiger partial charge >= 0.3 is 0 Å². The molecule has 1 aliphatic heterocycles. The first-order valence-electron chi connectivity index (χ1n) is 4.93. The fourth-order valence-corrected chi connectivity index (χ4v) is 1.80. The number of hydrogen-bond acceptors (Lipinski definition) is 3. The van der Waals surface area contributed by atoms with E-state index in [2.05, 4.69) is 22.1 Å². The van der Waals surface area contributed by atoms with Crippen molar-refractivity contribution in [1.29, 1.82) is 0 Å². The van der Waals surface area contributed by atoms with E-state index in [0.29, 0.717) is 6.04 Å². The van der Waals surface area contributed by atoms with Crippen LogP contribution in [0.2, 0.25) is 0 Å². The second kappa shape index (κ2) is 3.84. The summed E-state index contributed by atoms with van der Waals surface area (Å²) in [6, 6.07) is 4.08. The first-order valence-corrected chi connectivity index (χ1v) is 4.93. The summed E-state index contributed by atoms with van der Waals surface area (Å²) >= 11 is 0. The van der Waals surface area contributed by atoms with E-state index in [1.54, 1.807) is 12.3 Å². The molecule has 1 aromatic rings. The summed E-state index contributed by atoms with van der Waals surface area (Å²) in [5, 5.41) is 3.37. The molecule has 4 nitrogen and oxygen atoms in total. The molecule has 0 spiro atoms. The van der Waals surface area contributed by atoms with Gasteiger partial charge in [-0.25, -0.2) is 0 Å². The summed E-state index contributed by atoms with van der Waals surface area (Å²) in [5.41, 5.74) is 0.982.